The van der Waals surface area contributed by atoms with E-state index in [1.165, 1.54) is 11.5 Å². The van der Waals surface area contributed by atoms with Crippen molar-refractivity contribution in [1.82, 2.24) is 9.36 Å². The van der Waals surface area contributed by atoms with E-state index in [-0.39, 0.29) is 11.0 Å². The maximum Gasteiger partial charge on any atom is 0.203 e. The Balaban J connectivity index is 2.80. The lowest BCUT2D eigenvalue weighted by Crippen LogP contribution is -2.41. The lowest BCUT2D eigenvalue weighted by Gasteiger charge is -2.27. The summed E-state index contributed by atoms with van der Waals surface area (Å²) < 4.78 is 4.37. The van der Waals surface area contributed by atoms with Crippen molar-refractivity contribution < 1.29 is 0 Å². The molecule has 1 aromatic heterocycles. The number of nitrogens with one attached hydrogen (secondary N) is 1. The van der Waals surface area contributed by atoms with Crippen molar-refractivity contribution >= 4 is 16.7 Å². The Labute approximate surface area is 102 Å². The fraction of sp³-hybridized carbons (Fsp3) is 0.818. The molecule has 1 unspecified atom stereocenters. The maximum atomic E-state index is 5.75. The van der Waals surface area contributed by atoms with Crippen LogP contribution in [0.3, 0.4) is 0 Å². The molecule has 0 saturated heterocycles. The van der Waals surface area contributed by atoms with Gasteiger partial charge in [-0.3, -0.25) is 0 Å². The molecule has 4 nitrogen and oxygen atoms in total. The Morgan fingerprint density at radius 3 is 2.31 bits per heavy atom. The highest BCUT2D eigenvalue weighted by Gasteiger charge is 2.24. The number of anilines is 1. The molecule has 0 spiro atoms. The molecule has 1 rings (SSSR count). The van der Waals surface area contributed by atoms with Crippen LogP contribution in [-0.2, 0) is 5.41 Å². The van der Waals surface area contributed by atoms with E-state index in [1.807, 2.05) is 0 Å². The highest BCUT2D eigenvalue weighted by molar-refractivity contribution is 7.09. The first-order valence-corrected chi connectivity index (χ1v) is 6.40. The third kappa shape index (κ3) is 3.15. The Kier molecular flexibility index (Phi) is 3.91. The van der Waals surface area contributed by atoms with Crippen LogP contribution in [-0.4, -0.2) is 21.4 Å². The second-order valence-corrected chi connectivity index (χ2v) is 6.17. The molecule has 5 heteroatoms. The van der Waals surface area contributed by atoms with E-state index in [0.29, 0.717) is 6.54 Å². The van der Waals surface area contributed by atoms with E-state index in [2.05, 4.69) is 49.3 Å². The molecule has 0 aromatic carbocycles. The average molecular weight is 242 g/mol. The molecule has 0 radical (unpaired) electrons. The molecule has 3 N–H and O–H groups in total. The monoisotopic (exact) mass is 242 g/mol. The molecule has 0 aliphatic carbocycles. The highest BCUT2D eigenvalue weighted by atomic mass is 32.1. The van der Waals surface area contributed by atoms with Gasteiger partial charge >= 0.3 is 0 Å². The van der Waals surface area contributed by atoms with E-state index >= 15 is 0 Å². The molecule has 0 aliphatic heterocycles. The van der Waals surface area contributed by atoms with Gasteiger partial charge in [-0.05, 0) is 13.3 Å². The molecular weight excluding hydrogens is 220 g/mol. The standard InChI is InChI=1S/C11H22N4S/c1-6-11(5,7-12)14-9-13-8(15-16-9)10(2,3)4/h6-7,12H2,1-5H3,(H,13,14,15). The van der Waals surface area contributed by atoms with Gasteiger partial charge in [0.25, 0.3) is 0 Å². The van der Waals surface area contributed by atoms with Gasteiger partial charge in [0.05, 0.1) is 0 Å². The molecule has 0 aliphatic rings. The lowest BCUT2D eigenvalue weighted by molar-refractivity contribution is 0.504. The van der Waals surface area contributed by atoms with Gasteiger partial charge in [0.2, 0.25) is 5.13 Å². The first-order valence-electron chi connectivity index (χ1n) is 5.63. The van der Waals surface area contributed by atoms with Crippen molar-refractivity contribution in [2.75, 3.05) is 11.9 Å². The van der Waals surface area contributed by atoms with Gasteiger partial charge in [-0.1, -0.05) is 27.7 Å². The minimum absolute atomic E-state index is 0.00175. The van der Waals surface area contributed by atoms with E-state index in [0.717, 1.165) is 17.4 Å². The van der Waals surface area contributed by atoms with Crippen LogP contribution < -0.4 is 11.1 Å². The van der Waals surface area contributed by atoms with Crippen LogP contribution in [0.1, 0.15) is 46.9 Å². The summed E-state index contributed by atoms with van der Waals surface area (Å²) in [5, 5.41) is 4.23. The summed E-state index contributed by atoms with van der Waals surface area (Å²) in [6.45, 7) is 11.1. The smallest absolute Gasteiger partial charge is 0.203 e. The average Bonchev–Trinajstić information content (AvgIpc) is 2.65. The molecule has 0 bridgehead atoms. The van der Waals surface area contributed by atoms with Gasteiger partial charge in [-0.2, -0.15) is 4.37 Å². The SMILES string of the molecule is CCC(C)(CN)Nc1nc(C(C)(C)C)ns1. The predicted molar refractivity (Wildman–Crippen MR) is 70.0 cm³/mol. The number of hydrogen-bond acceptors (Lipinski definition) is 5. The van der Waals surface area contributed by atoms with Crippen molar-refractivity contribution in [2.24, 2.45) is 5.73 Å². The Morgan fingerprint density at radius 1 is 1.31 bits per heavy atom. The first kappa shape index (κ1) is 13.4. The van der Waals surface area contributed by atoms with E-state index in [4.69, 9.17) is 5.73 Å². The zero-order chi connectivity index (χ0) is 12.4. The number of hydrogen-bond donors (Lipinski definition) is 2. The van der Waals surface area contributed by atoms with Gasteiger partial charge < -0.3 is 11.1 Å². The topological polar surface area (TPSA) is 63.8 Å². The molecule has 92 valence electrons. The molecule has 0 amide bonds. The fourth-order valence-electron chi connectivity index (χ4n) is 1.12. The van der Waals surface area contributed by atoms with Gasteiger partial charge in [-0.25, -0.2) is 4.98 Å². The van der Waals surface area contributed by atoms with Crippen molar-refractivity contribution in [2.45, 2.75) is 52.0 Å². The summed E-state index contributed by atoms with van der Waals surface area (Å²) in [4.78, 5) is 4.50. The second-order valence-electron chi connectivity index (χ2n) is 5.42. The van der Waals surface area contributed by atoms with E-state index in [9.17, 15) is 0 Å². The molecule has 16 heavy (non-hydrogen) atoms. The van der Waals surface area contributed by atoms with Crippen molar-refractivity contribution in [1.29, 1.82) is 0 Å². The van der Waals surface area contributed by atoms with E-state index in [1.54, 1.807) is 0 Å². The zero-order valence-electron chi connectivity index (χ0n) is 10.8. The van der Waals surface area contributed by atoms with Gasteiger partial charge in [0.15, 0.2) is 0 Å². The number of aromatic nitrogens is 2. The van der Waals surface area contributed by atoms with Crippen LogP contribution in [0, 0.1) is 0 Å². The Hall–Kier alpha value is -0.680. The van der Waals surface area contributed by atoms with Gasteiger partial charge in [0.1, 0.15) is 5.82 Å². The highest BCUT2D eigenvalue weighted by Crippen LogP contribution is 2.25. The number of nitrogens with two attached hydrogens (primary N) is 1. The number of nitrogens with zero attached hydrogens (tertiary/aromatic N) is 2. The summed E-state index contributed by atoms with van der Waals surface area (Å²) in [7, 11) is 0. The van der Waals surface area contributed by atoms with Crippen molar-refractivity contribution in [3.05, 3.63) is 5.82 Å². The minimum atomic E-state index is -0.0886. The molecule has 1 heterocycles. The molecular formula is C11H22N4S. The summed E-state index contributed by atoms with van der Waals surface area (Å²) >= 11 is 1.41. The Bertz CT molecular complexity index is 336. The summed E-state index contributed by atoms with van der Waals surface area (Å²) in [5.74, 6) is 0.885. The summed E-state index contributed by atoms with van der Waals surface area (Å²) in [6, 6.07) is 0. The van der Waals surface area contributed by atoms with Crippen molar-refractivity contribution in [3.63, 3.8) is 0 Å². The third-order valence-electron chi connectivity index (χ3n) is 2.74. The Morgan fingerprint density at radius 2 is 1.94 bits per heavy atom. The predicted octanol–water partition coefficient (Wildman–Crippen LogP) is 2.37. The molecule has 0 fully saturated rings. The van der Waals surface area contributed by atoms with Gasteiger partial charge in [-0.15, -0.1) is 0 Å². The molecule has 1 atom stereocenters. The fourth-order valence-corrected chi connectivity index (χ4v) is 2.03. The summed E-state index contributed by atoms with van der Waals surface area (Å²) in [6.07, 6.45) is 0.966. The largest absolute Gasteiger partial charge is 0.354 e. The third-order valence-corrected chi connectivity index (χ3v) is 3.37. The maximum absolute atomic E-state index is 5.75. The van der Waals surface area contributed by atoms with Crippen LogP contribution in [0.5, 0.6) is 0 Å². The molecule has 1 aromatic rings. The second kappa shape index (κ2) is 4.67. The zero-order valence-corrected chi connectivity index (χ0v) is 11.6. The quantitative estimate of drug-likeness (QED) is 0.851. The normalized spacial score (nSPS) is 15.9. The van der Waals surface area contributed by atoms with Crippen LogP contribution >= 0.6 is 11.5 Å². The van der Waals surface area contributed by atoms with Crippen LogP contribution in [0.15, 0.2) is 0 Å². The first-order chi connectivity index (χ1) is 7.30. The van der Waals surface area contributed by atoms with Crippen LogP contribution in [0.2, 0.25) is 0 Å². The van der Waals surface area contributed by atoms with Crippen LogP contribution in [0.4, 0.5) is 5.13 Å². The van der Waals surface area contributed by atoms with Crippen LogP contribution in [0.25, 0.3) is 0 Å². The van der Waals surface area contributed by atoms with E-state index < -0.39 is 0 Å². The summed E-state index contributed by atoms with van der Waals surface area (Å²) in [5.41, 5.74) is 5.67. The minimum Gasteiger partial charge on any atom is -0.354 e. The lowest BCUT2D eigenvalue weighted by atomic mass is 9.96. The van der Waals surface area contributed by atoms with Crippen molar-refractivity contribution in [3.8, 4) is 0 Å². The molecule has 0 saturated carbocycles. The van der Waals surface area contributed by atoms with Gasteiger partial charge in [0, 0.05) is 29.0 Å². The number of rotatable bonds is 4.